The van der Waals surface area contributed by atoms with E-state index in [-0.39, 0.29) is 0 Å². The van der Waals surface area contributed by atoms with Gasteiger partial charge in [0, 0.05) is 30.7 Å². The summed E-state index contributed by atoms with van der Waals surface area (Å²) < 4.78 is 0. The molecule has 1 unspecified atom stereocenters. The first-order chi connectivity index (χ1) is 6.77. The van der Waals surface area contributed by atoms with Gasteiger partial charge in [-0.2, -0.15) is 0 Å². The molecule has 1 aliphatic heterocycles. The van der Waals surface area contributed by atoms with Crippen molar-refractivity contribution in [2.45, 2.75) is 13.0 Å². The molecule has 1 fully saturated rings. The predicted molar refractivity (Wildman–Crippen MR) is 59.8 cm³/mol. The molecule has 2 N–H and O–H groups in total. The van der Waals surface area contributed by atoms with Crippen LogP contribution in [0.4, 0.5) is 0 Å². The Morgan fingerprint density at radius 1 is 1.36 bits per heavy atom. The molecule has 1 aromatic carbocycles. The van der Waals surface area contributed by atoms with Gasteiger partial charge in [-0.1, -0.05) is 23.7 Å². The van der Waals surface area contributed by atoms with Crippen LogP contribution in [0.25, 0.3) is 0 Å². The SMILES string of the molecule is Cc1ccc(C2CNCCN2)c(Cl)c1. The van der Waals surface area contributed by atoms with E-state index < -0.39 is 0 Å². The molecule has 0 saturated carbocycles. The number of rotatable bonds is 1. The lowest BCUT2D eigenvalue weighted by Gasteiger charge is -2.25. The molecule has 1 aliphatic rings. The third kappa shape index (κ3) is 2.08. The summed E-state index contributed by atoms with van der Waals surface area (Å²) in [6, 6.07) is 6.60. The smallest absolute Gasteiger partial charge is 0.0462 e. The molecule has 0 aliphatic carbocycles. The van der Waals surface area contributed by atoms with Gasteiger partial charge in [0.25, 0.3) is 0 Å². The van der Waals surface area contributed by atoms with E-state index in [1.54, 1.807) is 0 Å². The Kier molecular flexibility index (Phi) is 3.06. The molecule has 3 heteroatoms. The van der Waals surface area contributed by atoms with Crippen molar-refractivity contribution in [1.82, 2.24) is 10.6 Å². The Balaban J connectivity index is 2.22. The van der Waals surface area contributed by atoms with E-state index in [1.807, 2.05) is 6.07 Å². The summed E-state index contributed by atoms with van der Waals surface area (Å²) in [5.41, 5.74) is 2.41. The van der Waals surface area contributed by atoms with E-state index in [0.717, 1.165) is 24.7 Å². The fourth-order valence-electron chi connectivity index (χ4n) is 1.79. The summed E-state index contributed by atoms with van der Waals surface area (Å²) >= 11 is 6.20. The van der Waals surface area contributed by atoms with E-state index >= 15 is 0 Å². The molecule has 1 atom stereocenters. The van der Waals surface area contributed by atoms with Crippen LogP contribution in [-0.4, -0.2) is 19.6 Å². The molecular weight excluding hydrogens is 196 g/mol. The lowest BCUT2D eigenvalue weighted by atomic mass is 10.0. The normalized spacial score (nSPS) is 22.3. The maximum atomic E-state index is 6.20. The van der Waals surface area contributed by atoms with Crippen LogP contribution in [0.15, 0.2) is 18.2 Å². The first-order valence-electron chi connectivity index (χ1n) is 4.97. The van der Waals surface area contributed by atoms with Gasteiger partial charge in [-0.3, -0.25) is 0 Å². The molecule has 1 heterocycles. The average Bonchev–Trinajstić information content (AvgIpc) is 2.19. The molecule has 0 bridgehead atoms. The Bertz CT molecular complexity index is 319. The second-order valence-electron chi connectivity index (χ2n) is 3.74. The second kappa shape index (κ2) is 4.30. The standard InChI is InChI=1S/C11H15ClN2/c1-8-2-3-9(10(12)6-8)11-7-13-4-5-14-11/h2-3,6,11,13-14H,4-5,7H2,1H3. The second-order valence-corrected chi connectivity index (χ2v) is 4.14. The van der Waals surface area contributed by atoms with Crippen LogP contribution >= 0.6 is 11.6 Å². The molecule has 2 nitrogen and oxygen atoms in total. The highest BCUT2D eigenvalue weighted by atomic mass is 35.5. The quantitative estimate of drug-likeness (QED) is 0.740. The van der Waals surface area contributed by atoms with Crippen LogP contribution < -0.4 is 10.6 Å². The van der Waals surface area contributed by atoms with Crippen molar-refractivity contribution in [3.05, 3.63) is 34.3 Å². The predicted octanol–water partition coefficient (Wildman–Crippen LogP) is 1.88. The zero-order valence-electron chi connectivity index (χ0n) is 8.31. The lowest BCUT2D eigenvalue weighted by molar-refractivity contribution is 0.430. The van der Waals surface area contributed by atoms with Crippen LogP contribution in [0.2, 0.25) is 5.02 Å². The average molecular weight is 211 g/mol. The van der Waals surface area contributed by atoms with Crippen molar-refractivity contribution >= 4 is 11.6 Å². The molecule has 0 aromatic heterocycles. The van der Waals surface area contributed by atoms with Gasteiger partial charge < -0.3 is 10.6 Å². The monoisotopic (exact) mass is 210 g/mol. The van der Waals surface area contributed by atoms with Crippen LogP contribution in [-0.2, 0) is 0 Å². The van der Waals surface area contributed by atoms with Gasteiger partial charge in [0.15, 0.2) is 0 Å². The van der Waals surface area contributed by atoms with E-state index in [9.17, 15) is 0 Å². The van der Waals surface area contributed by atoms with Gasteiger partial charge in [0.05, 0.1) is 0 Å². The highest BCUT2D eigenvalue weighted by molar-refractivity contribution is 6.31. The first kappa shape index (κ1) is 9.97. The molecule has 0 spiro atoms. The topological polar surface area (TPSA) is 24.1 Å². The van der Waals surface area contributed by atoms with Gasteiger partial charge >= 0.3 is 0 Å². The summed E-state index contributed by atoms with van der Waals surface area (Å²) in [7, 11) is 0. The largest absolute Gasteiger partial charge is 0.314 e. The Labute approximate surface area is 89.7 Å². The Morgan fingerprint density at radius 3 is 2.86 bits per heavy atom. The summed E-state index contributed by atoms with van der Waals surface area (Å²) in [5, 5.41) is 7.67. The highest BCUT2D eigenvalue weighted by Crippen LogP contribution is 2.24. The number of hydrogen-bond acceptors (Lipinski definition) is 2. The fourth-order valence-corrected chi connectivity index (χ4v) is 2.15. The van der Waals surface area contributed by atoms with Crippen molar-refractivity contribution < 1.29 is 0 Å². The van der Waals surface area contributed by atoms with Crippen molar-refractivity contribution in [3.8, 4) is 0 Å². The number of aryl methyl sites for hydroxylation is 1. The number of benzene rings is 1. The van der Waals surface area contributed by atoms with Gasteiger partial charge in [0.1, 0.15) is 0 Å². The number of halogens is 1. The van der Waals surface area contributed by atoms with Crippen LogP contribution in [0.5, 0.6) is 0 Å². The van der Waals surface area contributed by atoms with E-state index in [2.05, 4.69) is 29.7 Å². The van der Waals surface area contributed by atoms with Crippen LogP contribution in [0, 0.1) is 6.92 Å². The maximum Gasteiger partial charge on any atom is 0.0462 e. The van der Waals surface area contributed by atoms with Gasteiger partial charge in [0.2, 0.25) is 0 Å². The van der Waals surface area contributed by atoms with E-state index in [4.69, 9.17) is 11.6 Å². The molecule has 76 valence electrons. The summed E-state index contributed by atoms with van der Waals surface area (Å²) in [6.45, 7) is 5.07. The summed E-state index contributed by atoms with van der Waals surface area (Å²) in [4.78, 5) is 0. The third-order valence-electron chi connectivity index (χ3n) is 2.57. The van der Waals surface area contributed by atoms with Crippen LogP contribution in [0.1, 0.15) is 17.2 Å². The van der Waals surface area contributed by atoms with Gasteiger partial charge in [-0.25, -0.2) is 0 Å². The van der Waals surface area contributed by atoms with Crippen LogP contribution in [0.3, 0.4) is 0 Å². The number of nitrogens with one attached hydrogen (secondary N) is 2. The van der Waals surface area contributed by atoms with E-state index in [1.165, 1.54) is 11.1 Å². The number of hydrogen-bond donors (Lipinski definition) is 2. The van der Waals surface area contributed by atoms with E-state index in [0.29, 0.717) is 6.04 Å². The molecule has 14 heavy (non-hydrogen) atoms. The molecule has 0 radical (unpaired) electrons. The fraction of sp³-hybridized carbons (Fsp3) is 0.455. The third-order valence-corrected chi connectivity index (χ3v) is 2.90. The van der Waals surface area contributed by atoms with Crippen molar-refractivity contribution in [2.24, 2.45) is 0 Å². The lowest BCUT2D eigenvalue weighted by Crippen LogP contribution is -2.42. The molecule has 0 amide bonds. The van der Waals surface area contributed by atoms with Crippen molar-refractivity contribution in [2.75, 3.05) is 19.6 Å². The number of piperazine rings is 1. The minimum absolute atomic E-state index is 0.358. The molecular formula is C11H15ClN2. The van der Waals surface area contributed by atoms with Crippen molar-refractivity contribution in [1.29, 1.82) is 0 Å². The minimum Gasteiger partial charge on any atom is -0.314 e. The zero-order chi connectivity index (χ0) is 9.97. The Hall–Kier alpha value is -0.570. The summed E-state index contributed by atoms with van der Waals surface area (Å²) in [5.74, 6) is 0. The van der Waals surface area contributed by atoms with Crippen molar-refractivity contribution in [3.63, 3.8) is 0 Å². The zero-order valence-corrected chi connectivity index (χ0v) is 9.06. The highest BCUT2D eigenvalue weighted by Gasteiger charge is 2.16. The van der Waals surface area contributed by atoms with Gasteiger partial charge in [-0.15, -0.1) is 0 Å². The molecule has 2 rings (SSSR count). The molecule has 1 saturated heterocycles. The first-order valence-corrected chi connectivity index (χ1v) is 5.35. The molecule has 1 aromatic rings. The van der Waals surface area contributed by atoms with Gasteiger partial charge in [-0.05, 0) is 24.1 Å². The minimum atomic E-state index is 0.358. The summed E-state index contributed by atoms with van der Waals surface area (Å²) in [6.07, 6.45) is 0. The maximum absolute atomic E-state index is 6.20. The Morgan fingerprint density at radius 2 is 2.21 bits per heavy atom.